The summed E-state index contributed by atoms with van der Waals surface area (Å²) in [6, 6.07) is 6.61. The zero-order chi connectivity index (χ0) is 15.4. The van der Waals surface area contributed by atoms with Crippen molar-refractivity contribution in [2.75, 3.05) is 20.1 Å². The summed E-state index contributed by atoms with van der Waals surface area (Å²) in [6.45, 7) is 0.692. The van der Waals surface area contributed by atoms with Crippen LogP contribution in [0.1, 0.15) is 23.2 Å². The van der Waals surface area contributed by atoms with E-state index in [1.165, 1.54) is 0 Å². The van der Waals surface area contributed by atoms with Crippen LogP contribution in [0.2, 0.25) is 5.02 Å². The van der Waals surface area contributed by atoms with Gasteiger partial charge in [-0.2, -0.15) is 0 Å². The predicted octanol–water partition coefficient (Wildman–Crippen LogP) is 1.27. The minimum Gasteiger partial charge on any atom is -0.329 e. The van der Waals surface area contributed by atoms with Gasteiger partial charge in [0.25, 0.3) is 5.91 Å². The quantitative estimate of drug-likeness (QED) is 0.829. The molecule has 0 radical (unpaired) electrons. The summed E-state index contributed by atoms with van der Waals surface area (Å²) in [5, 5.41) is 2.93. The minimum atomic E-state index is -0.416. The highest BCUT2D eigenvalue weighted by molar-refractivity contribution is 6.30. The average Bonchev–Trinajstić information content (AvgIpc) is 3.24. The Kier molecular flexibility index (Phi) is 5.33. The van der Waals surface area contributed by atoms with Crippen molar-refractivity contribution >= 4 is 23.4 Å². The van der Waals surface area contributed by atoms with E-state index in [9.17, 15) is 9.59 Å². The van der Waals surface area contributed by atoms with Crippen LogP contribution >= 0.6 is 11.6 Å². The molecular formula is C15H20ClN3O2. The lowest BCUT2D eigenvalue weighted by Gasteiger charge is -2.26. The van der Waals surface area contributed by atoms with Crippen molar-refractivity contribution in [2.24, 2.45) is 11.7 Å². The molecule has 1 aliphatic rings. The minimum absolute atomic E-state index is 0.164. The maximum atomic E-state index is 11.9. The number of nitrogens with two attached hydrogens (primary N) is 1. The standard InChI is InChI=1S/C15H20ClN3O2/c1-19(13(8-17)10-2-3-10)9-14(20)18-15(21)11-4-6-12(16)7-5-11/h4-7,10,13H,2-3,8-9,17H2,1H3,(H,18,20,21). The smallest absolute Gasteiger partial charge is 0.257 e. The highest BCUT2D eigenvalue weighted by atomic mass is 35.5. The summed E-state index contributed by atoms with van der Waals surface area (Å²) in [4.78, 5) is 25.8. The van der Waals surface area contributed by atoms with Crippen LogP contribution in [0.3, 0.4) is 0 Å². The lowest BCUT2D eigenvalue weighted by atomic mass is 10.1. The fraction of sp³-hybridized carbons (Fsp3) is 0.467. The van der Waals surface area contributed by atoms with Gasteiger partial charge < -0.3 is 5.73 Å². The Morgan fingerprint density at radius 3 is 2.52 bits per heavy atom. The number of amides is 2. The van der Waals surface area contributed by atoms with Crippen molar-refractivity contribution in [3.63, 3.8) is 0 Å². The first-order valence-electron chi connectivity index (χ1n) is 7.01. The van der Waals surface area contributed by atoms with Gasteiger partial charge >= 0.3 is 0 Å². The molecule has 5 nitrogen and oxygen atoms in total. The molecule has 1 saturated carbocycles. The van der Waals surface area contributed by atoms with E-state index in [1.54, 1.807) is 24.3 Å². The van der Waals surface area contributed by atoms with Crippen molar-refractivity contribution < 1.29 is 9.59 Å². The molecule has 21 heavy (non-hydrogen) atoms. The zero-order valence-electron chi connectivity index (χ0n) is 12.0. The van der Waals surface area contributed by atoms with E-state index < -0.39 is 5.91 Å². The van der Waals surface area contributed by atoms with Crippen molar-refractivity contribution in [1.29, 1.82) is 0 Å². The molecule has 1 aliphatic carbocycles. The second-order valence-corrected chi connectivity index (χ2v) is 5.88. The van der Waals surface area contributed by atoms with Gasteiger partial charge in [-0.3, -0.25) is 19.8 Å². The molecule has 0 spiro atoms. The number of likely N-dealkylation sites (N-methyl/N-ethyl adjacent to an activating group) is 1. The number of nitrogens with zero attached hydrogens (tertiary/aromatic N) is 1. The van der Waals surface area contributed by atoms with Gasteiger partial charge in [-0.1, -0.05) is 11.6 Å². The number of benzene rings is 1. The first-order chi connectivity index (χ1) is 10.0. The van der Waals surface area contributed by atoms with E-state index in [4.69, 9.17) is 17.3 Å². The molecule has 0 aromatic heterocycles. The highest BCUT2D eigenvalue weighted by Crippen LogP contribution is 2.34. The summed E-state index contributed by atoms with van der Waals surface area (Å²) in [5.74, 6) is -0.155. The first kappa shape index (κ1) is 15.9. The molecule has 1 atom stereocenters. The summed E-state index contributed by atoms with van der Waals surface area (Å²) >= 11 is 5.76. The molecule has 1 fully saturated rings. The maximum Gasteiger partial charge on any atom is 0.257 e. The van der Waals surface area contributed by atoms with Gasteiger partial charge in [0.2, 0.25) is 5.91 Å². The lowest BCUT2D eigenvalue weighted by molar-refractivity contribution is -0.121. The Hall–Kier alpha value is -1.43. The number of hydrogen-bond donors (Lipinski definition) is 2. The number of carbonyl (C=O) groups is 2. The maximum absolute atomic E-state index is 11.9. The lowest BCUT2D eigenvalue weighted by Crippen LogP contribution is -2.46. The second-order valence-electron chi connectivity index (χ2n) is 5.44. The molecule has 0 bridgehead atoms. The molecule has 3 N–H and O–H groups in total. The SMILES string of the molecule is CN(CC(=O)NC(=O)c1ccc(Cl)cc1)C(CN)C1CC1. The van der Waals surface area contributed by atoms with Gasteiger partial charge in [0, 0.05) is 23.2 Å². The summed E-state index contributed by atoms with van der Waals surface area (Å²) < 4.78 is 0. The average molecular weight is 310 g/mol. The Morgan fingerprint density at radius 1 is 1.38 bits per heavy atom. The number of rotatable bonds is 6. The molecule has 114 valence electrons. The van der Waals surface area contributed by atoms with E-state index in [0.29, 0.717) is 23.0 Å². The molecule has 1 aromatic carbocycles. The van der Waals surface area contributed by atoms with Crippen LogP contribution < -0.4 is 11.1 Å². The van der Waals surface area contributed by atoms with Gasteiger partial charge in [0.05, 0.1) is 6.54 Å². The van der Waals surface area contributed by atoms with Crippen LogP contribution in [0, 0.1) is 5.92 Å². The molecule has 0 saturated heterocycles. The van der Waals surface area contributed by atoms with Crippen LogP contribution in [-0.2, 0) is 4.79 Å². The topological polar surface area (TPSA) is 75.4 Å². The van der Waals surface area contributed by atoms with Crippen molar-refractivity contribution in [1.82, 2.24) is 10.2 Å². The Morgan fingerprint density at radius 2 is 2.00 bits per heavy atom. The summed E-state index contributed by atoms with van der Waals surface area (Å²) in [7, 11) is 1.86. The Balaban J connectivity index is 1.86. The van der Waals surface area contributed by atoms with E-state index in [0.717, 1.165) is 12.8 Å². The number of nitrogens with one attached hydrogen (secondary N) is 1. The van der Waals surface area contributed by atoms with Crippen molar-refractivity contribution in [3.05, 3.63) is 34.9 Å². The van der Waals surface area contributed by atoms with E-state index >= 15 is 0 Å². The third-order valence-corrected chi connectivity index (χ3v) is 3.98. The monoisotopic (exact) mass is 309 g/mol. The highest BCUT2D eigenvalue weighted by Gasteiger charge is 2.33. The van der Waals surface area contributed by atoms with Crippen LogP contribution in [0.4, 0.5) is 0 Å². The molecule has 6 heteroatoms. The second kappa shape index (κ2) is 7.02. The molecule has 1 aromatic rings. The summed E-state index contributed by atoms with van der Waals surface area (Å²) in [5.41, 5.74) is 6.15. The van der Waals surface area contributed by atoms with Gasteiger partial charge in [-0.15, -0.1) is 0 Å². The third-order valence-electron chi connectivity index (χ3n) is 3.73. The molecule has 1 unspecified atom stereocenters. The van der Waals surface area contributed by atoms with Gasteiger partial charge in [0.1, 0.15) is 0 Å². The number of imide groups is 1. The largest absolute Gasteiger partial charge is 0.329 e. The van der Waals surface area contributed by atoms with Gasteiger partial charge in [0.15, 0.2) is 0 Å². The number of carbonyl (C=O) groups excluding carboxylic acids is 2. The normalized spacial score (nSPS) is 15.8. The third kappa shape index (κ3) is 4.52. The number of halogens is 1. The Labute approximate surface area is 129 Å². The van der Waals surface area contributed by atoms with E-state index in [2.05, 4.69) is 5.32 Å². The van der Waals surface area contributed by atoms with Gasteiger partial charge in [-0.25, -0.2) is 0 Å². The molecular weight excluding hydrogens is 290 g/mol. The van der Waals surface area contributed by atoms with E-state index in [1.807, 2.05) is 11.9 Å². The number of hydrogen-bond acceptors (Lipinski definition) is 4. The fourth-order valence-electron chi connectivity index (χ4n) is 2.40. The molecule has 2 rings (SSSR count). The molecule has 2 amide bonds. The zero-order valence-corrected chi connectivity index (χ0v) is 12.8. The van der Waals surface area contributed by atoms with Crippen molar-refractivity contribution in [2.45, 2.75) is 18.9 Å². The molecule has 0 aliphatic heterocycles. The van der Waals surface area contributed by atoms with Crippen LogP contribution in [0.25, 0.3) is 0 Å². The first-order valence-corrected chi connectivity index (χ1v) is 7.39. The fourth-order valence-corrected chi connectivity index (χ4v) is 2.52. The van der Waals surface area contributed by atoms with Gasteiger partial charge in [-0.05, 0) is 50.1 Å². The van der Waals surface area contributed by atoms with E-state index in [-0.39, 0.29) is 18.5 Å². The Bertz CT molecular complexity index is 514. The summed E-state index contributed by atoms with van der Waals surface area (Å²) in [6.07, 6.45) is 2.33. The van der Waals surface area contributed by atoms with Crippen LogP contribution in [0.5, 0.6) is 0 Å². The van der Waals surface area contributed by atoms with Crippen LogP contribution in [-0.4, -0.2) is 42.9 Å². The van der Waals surface area contributed by atoms with Crippen LogP contribution in [0.15, 0.2) is 24.3 Å². The molecule has 0 heterocycles. The van der Waals surface area contributed by atoms with Crippen molar-refractivity contribution in [3.8, 4) is 0 Å². The predicted molar refractivity (Wildman–Crippen MR) is 82.1 cm³/mol.